The third-order valence-electron chi connectivity index (χ3n) is 2.61. The number of carboxylic acid groups (broad SMARTS) is 1. The molecule has 0 aliphatic rings. The van der Waals surface area contributed by atoms with E-state index in [-0.39, 0.29) is 24.8 Å². The summed E-state index contributed by atoms with van der Waals surface area (Å²) in [7, 11) is 0. The van der Waals surface area contributed by atoms with Gasteiger partial charge in [0.2, 0.25) is 0 Å². The van der Waals surface area contributed by atoms with Gasteiger partial charge < -0.3 is 20.3 Å². The summed E-state index contributed by atoms with van der Waals surface area (Å²) in [5.74, 6) is -0.420. The third kappa shape index (κ3) is 3.99. The van der Waals surface area contributed by atoms with Crippen LogP contribution in [0.5, 0.6) is 0 Å². The fourth-order valence-electron chi connectivity index (χ4n) is 1.55. The molecule has 3 N–H and O–H groups in total. The van der Waals surface area contributed by atoms with E-state index in [1.165, 1.54) is 16.7 Å². The van der Waals surface area contributed by atoms with E-state index in [0.29, 0.717) is 10.8 Å². The van der Waals surface area contributed by atoms with Crippen molar-refractivity contribution in [3.63, 3.8) is 0 Å². The first-order chi connectivity index (χ1) is 10.1. The molecule has 9 nitrogen and oxygen atoms in total. The van der Waals surface area contributed by atoms with Crippen molar-refractivity contribution in [3.8, 4) is 0 Å². The van der Waals surface area contributed by atoms with Crippen molar-refractivity contribution in [2.24, 2.45) is 0 Å². The number of thiazole rings is 1. The molecule has 0 fully saturated rings. The lowest BCUT2D eigenvalue weighted by Gasteiger charge is -2.06. The molecule has 0 aromatic carbocycles. The summed E-state index contributed by atoms with van der Waals surface area (Å²) in [4.78, 5) is 26.2. The Morgan fingerprint density at radius 2 is 2.14 bits per heavy atom. The number of aromatic nitrogens is 4. The molecule has 2 amide bonds. The van der Waals surface area contributed by atoms with Gasteiger partial charge in [0.15, 0.2) is 11.5 Å². The van der Waals surface area contributed by atoms with Gasteiger partial charge in [-0.05, 0) is 6.92 Å². The SMILES string of the molecule is CCn1cnnc1CNC(=O)NCc1nc(C(=O)O)cs1. The average molecular weight is 310 g/mol. The Kier molecular flexibility index (Phi) is 4.82. The topological polar surface area (TPSA) is 122 Å². The van der Waals surface area contributed by atoms with Crippen molar-refractivity contribution in [3.05, 3.63) is 28.2 Å². The fourth-order valence-corrected chi connectivity index (χ4v) is 2.26. The van der Waals surface area contributed by atoms with Gasteiger partial charge in [0.1, 0.15) is 11.3 Å². The highest BCUT2D eigenvalue weighted by molar-refractivity contribution is 7.09. The second-order valence-electron chi connectivity index (χ2n) is 4.00. The predicted octanol–water partition coefficient (Wildman–Crippen LogP) is 0.452. The van der Waals surface area contributed by atoms with Crippen LogP contribution in [0.3, 0.4) is 0 Å². The number of rotatable bonds is 6. The highest BCUT2D eigenvalue weighted by atomic mass is 32.1. The monoisotopic (exact) mass is 310 g/mol. The van der Waals surface area contributed by atoms with Crippen LogP contribution in [-0.2, 0) is 19.6 Å². The molecule has 0 atom stereocenters. The minimum absolute atomic E-state index is 0.0201. The van der Waals surface area contributed by atoms with Crippen LogP contribution in [0.25, 0.3) is 0 Å². The summed E-state index contributed by atoms with van der Waals surface area (Å²) in [5.41, 5.74) is -0.0201. The van der Waals surface area contributed by atoms with Crippen LogP contribution >= 0.6 is 11.3 Å². The first-order valence-electron chi connectivity index (χ1n) is 6.16. The molecule has 21 heavy (non-hydrogen) atoms. The van der Waals surface area contributed by atoms with Crippen molar-refractivity contribution >= 4 is 23.3 Å². The predicted molar refractivity (Wildman–Crippen MR) is 73.8 cm³/mol. The maximum atomic E-state index is 11.6. The summed E-state index contributed by atoms with van der Waals surface area (Å²) >= 11 is 1.18. The molecule has 10 heteroatoms. The maximum absolute atomic E-state index is 11.6. The number of amides is 2. The van der Waals surface area contributed by atoms with Crippen LogP contribution in [0.4, 0.5) is 4.79 Å². The van der Waals surface area contributed by atoms with Crippen LogP contribution in [0.15, 0.2) is 11.7 Å². The molecule has 2 aromatic rings. The Labute approximate surface area is 124 Å². The van der Waals surface area contributed by atoms with Crippen LogP contribution in [-0.4, -0.2) is 36.9 Å². The molecule has 0 bridgehead atoms. The fraction of sp³-hybridized carbons (Fsp3) is 0.364. The zero-order valence-electron chi connectivity index (χ0n) is 11.2. The summed E-state index contributed by atoms with van der Waals surface area (Å²) < 4.78 is 1.82. The normalized spacial score (nSPS) is 10.3. The Morgan fingerprint density at radius 3 is 2.81 bits per heavy atom. The zero-order valence-corrected chi connectivity index (χ0v) is 12.1. The van der Waals surface area contributed by atoms with Crippen LogP contribution in [0, 0.1) is 0 Å². The van der Waals surface area contributed by atoms with E-state index < -0.39 is 5.97 Å². The Hall–Kier alpha value is -2.49. The van der Waals surface area contributed by atoms with Gasteiger partial charge in [-0.25, -0.2) is 14.6 Å². The van der Waals surface area contributed by atoms with Crippen molar-refractivity contribution in [1.82, 2.24) is 30.4 Å². The third-order valence-corrected chi connectivity index (χ3v) is 3.46. The number of hydrogen-bond donors (Lipinski definition) is 3. The Morgan fingerprint density at radius 1 is 1.38 bits per heavy atom. The van der Waals surface area contributed by atoms with E-state index in [9.17, 15) is 9.59 Å². The molecule has 0 aliphatic heterocycles. The van der Waals surface area contributed by atoms with E-state index in [0.717, 1.165) is 6.54 Å². The number of aromatic carboxylic acids is 1. The number of aryl methyl sites for hydroxylation is 1. The number of carbonyl (C=O) groups is 2. The van der Waals surface area contributed by atoms with Crippen molar-refractivity contribution in [2.45, 2.75) is 26.6 Å². The van der Waals surface area contributed by atoms with Gasteiger partial charge in [0.25, 0.3) is 0 Å². The van der Waals surface area contributed by atoms with E-state index in [1.807, 2.05) is 11.5 Å². The average Bonchev–Trinajstić information content (AvgIpc) is 3.11. The van der Waals surface area contributed by atoms with Gasteiger partial charge in [-0.3, -0.25) is 0 Å². The van der Waals surface area contributed by atoms with Gasteiger partial charge in [-0.1, -0.05) is 0 Å². The molecule has 2 heterocycles. The Balaban J connectivity index is 1.78. The summed E-state index contributed by atoms with van der Waals surface area (Å²) in [6.07, 6.45) is 1.60. The van der Waals surface area contributed by atoms with Crippen molar-refractivity contribution < 1.29 is 14.7 Å². The highest BCUT2D eigenvalue weighted by Gasteiger charge is 2.10. The lowest BCUT2D eigenvalue weighted by molar-refractivity contribution is 0.0691. The van der Waals surface area contributed by atoms with Crippen LogP contribution in [0.2, 0.25) is 0 Å². The Bertz CT molecular complexity index is 637. The molecule has 0 radical (unpaired) electrons. The molecule has 0 unspecified atom stereocenters. The number of carbonyl (C=O) groups excluding carboxylic acids is 1. The second-order valence-corrected chi connectivity index (χ2v) is 4.94. The van der Waals surface area contributed by atoms with Crippen LogP contribution < -0.4 is 10.6 Å². The zero-order chi connectivity index (χ0) is 15.2. The lowest BCUT2D eigenvalue weighted by atomic mass is 10.5. The van der Waals surface area contributed by atoms with Crippen LogP contribution in [0.1, 0.15) is 28.2 Å². The molecule has 112 valence electrons. The summed E-state index contributed by atoms with van der Waals surface area (Å²) in [6.45, 7) is 3.11. The van der Waals surface area contributed by atoms with E-state index >= 15 is 0 Å². The molecule has 0 aliphatic carbocycles. The maximum Gasteiger partial charge on any atom is 0.355 e. The van der Waals surface area contributed by atoms with E-state index in [2.05, 4.69) is 25.8 Å². The standard InChI is InChI=1S/C11H14N6O3S/c1-2-17-6-14-16-8(17)3-12-11(20)13-4-9-15-7(5-21-9)10(18)19/h5-6H,2-4H2,1H3,(H,18,19)(H2,12,13,20). The summed E-state index contributed by atoms with van der Waals surface area (Å²) in [6, 6.07) is -0.382. The quantitative estimate of drug-likeness (QED) is 0.712. The van der Waals surface area contributed by atoms with E-state index in [4.69, 9.17) is 5.11 Å². The minimum atomic E-state index is -1.08. The van der Waals surface area contributed by atoms with Gasteiger partial charge in [0, 0.05) is 11.9 Å². The molecule has 0 saturated carbocycles. The minimum Gasteiger partial charge on any atom is -0.476 e. The van der Waals surface area contributed by atoms with Gasteiger partial charge >= 0.3 is 12.0 Å². The van der Waals surface area contributed by atoms with Crippen molar-refractivity contribution in [1.29, 1.82) is 0 Å². The van der Waals surface area contributed by atoms with Crippen molar-refractivity contribution in [2.75, 3.05) is 0 Å². The van der Waals surface area contributed by atoms with Gasteiger partial charge in [0.05, 0.1) is 13.1 Å². The number of urea groups is 1. The smallest absolute Gasteiger partial charge is 0.355 e. The molecule has 2 aromatic heterocycles. The van der Waals surface area contributed by atoms with Gasteiger partial charge in [-0.2, -0.15) is 0 Å². The molecule has 0 spiro atoms. The second kappa shape index (κ2) is 6.79. The molecule has 2 rings (SSSR count). The molecular weight excluding hydrogens is 296 g/mol. The number of nitrogens with zero attached hydrogens (tertiary/aromatic N) is 4. The first kappa shape index (κ1) is 14.9. The molecular formula is C11H14N6O3S. The number of nitrogens with one attached hydrogen (secondary N) is 2. The number of hydrogen-bond acceptors (Lipinski definition) is 6. The largest absolute Gasteiger partial charge is 0.476 e. The van der Waals surface area contributed by atoms with E-state index in [1.54, 1.807) is 6.33 Å². The van der Waals surface area contributed by atoms with Gasteiger partial charge in [-0.15, -0.1) is 21.5 Å². The lowest BCUT2D eigenvalue weighted by Crippen LogP contribution is -2.35. The summed E-state index contributed by atoms with van der Waals surface area (Å²) in [5, 5.41) is 23.6. The number of carboxylic acids is 1. The molecule has 0 saturated heterocycles. The first-order valence-corrected chi connectivity index (χ1v) is 7.04. The highest BCUT2D eigenvalue weighted by Crippen LogP contribution is 2.09.